The molecule has 1 amide bonds. The van der Waals surface area contributed by atoms with Crippen molar-refractivity contribution in [2.24, 2.45) is 0 Å². The van der Waals surface area contributed by atoms with Crippen molar-refractivity contribution >= 4 is 34.3 Å². The second-order valence-electron chi connectivity index (χ2n) is 5.13. The minimum absolute atomic E-state index is 0.107. The first-order valence-corrected chi connectivity index (χ1v) is 8.45. The molecule has 0 atom stereocenters. The van der Waals surface area contributed by atoms with Gasteiger partial charge >= 0.3 is 0 Å². The number of rotatable bonds is 5. The Morgan fingerprint density at radius 3 is 2.71 bits per heavy atom. The van der Waals surface area contributed by atoms with E-state index in [-0.39, 0.29) is 11.7 Å². The third kappa shape index (κ3) is 3.65. The van der Waals surface area contributed by atoms with Gasteiger partial charge in [0.25, 0.3) is 0 Å². The summed E-state index contributed by atoms with van der Waals surface area (Å²) in [4.78, 5) is 21.1. The molecule has 0 spiro atoms. The molecule has 0 bridgehead atoms. The van der Waals surface area contributed by atoms with Crippen molar-refractivity contribution in [2.45, 2.75) is 11.9 Å². The zero-order valence-electron chi connectivity index (χ0n) is 13.4. The first kappa shape index (κ1) is 16.3. The quantitative estimate of drug-likeness (QED) is 0.567. The lowest BCUT2D eigenvalue weighted by Gasteiger charge is -2.10. The van der Waals surface area contributed by atoms with Gasteiger partial charge in [-0.1, -0.05) is 42.1 Å². The normalized spacial score (nSPS) is 10.6. The number of aryl methyl sites for hydroxylation is 1. The van der Waals surface area contributed by atoms with Crippen LogP contribution in [-0.2, 0) is 4.79 Å². The summed E-state index contributed by atoms with van der Waals surface area (Å²) in [5.74, 6) is 1.49. The highest BCUT2D eigenvalue weighted by Gasteiger charge is 2.11. The smallest absolute Gasteiger partial charge is 0.234 e. The van der Waals surface area contributed by atoms with Gasteiger partial charge in [-0.25, -0.2) is 9.97 Å². The van der Waals surface area contributed by atoms with E-state index in [9.17, 15) is 4.79 Å². The Bertz CT molecular complexity index is 883. The molecule has 5 nitrogen and oxygen atoms in total. The van der Waals surface area contributed by atoms with Crippen LogP contribution in [0.4, 0.5) is 5.69 Å². The fraction of sp³-hybridized carbons (Fsp3) is 0.167. The molecule has 0 unspecified atom stereocenters. The standard InChI is InChI=1S/C18H17N3O2S/c1-12-19-14-8-4-3-7-13(14)18(20-12)24-11-17(22)21-15-9-5-6-10-16(15)23-2/h3-10H,11H2,1-2H3,(H,21,22). The van der Waals surface area contributed by atoms with Gasteiger partial charge in [0.05, 0.1) is 24.1 Å². The van der Waals surface area contributed by atoms with Gasteiger partial charge in [-0.05, 0) is 25.1 Å². The average Bonchev–Trinajstić information content (AvgIpc) is 2.60. The van der Waals surface area contributed by atoms with Gasteiger partial charge in [-0.15, -0.1) is 0 Å². The van der Waals surface area contributed by atoms with E-state index in [1.807, 2.05) is 55.5 Å². The predicted octanol–water partition coefficient (Wildman–Crippen LogP) is 3.68. The number of hydrogen-bond acceptors (Lipinski definition) is 5. The van der Waals surface area contributed by atoms with Crippen LogP contribution >= 0.6 is 11.8 Å². The summed E-state index contributed by atoms with van der Waals surface area (Å²) in [5.41, 5.74) is 1.55. The summed E-state index contributed by atoms with van der Waals surface area (Å²) >= 11 is 1.40. The number of carbonyl (C=O) groups excluding carboxylic acids is 1. The predicted molar refractivity (Wildman–Crippen MR) is 96.6 cm³/mol. The third-order valence-electron chi connectivity index (χ3n) is 3.40. The zero-order chi connectivity index (χ0) is 16.9. The summed E-state index contributed by atoms with van der Waals surface area (Å²) < 4.78 is 5.24. The number of carbonyl (C=O) groups is 1. The number of ether oxygens (including phenoxy) is 1. The lowest BCUT2D eigenvalue weighted by molar-refractivity contribution is -0.113. The molecule has 0 fully saturated rings. The number of para-hydroxylation sites is 3. The number of benzene rings is 2. The van der Waals surface area contributed by atoms with Crippen LogP contribution in [0, 0.1) is 6.92 Å². The van der Waals surface area contributed by atoms with E-state index in [1.165, 1.54) is 11.8 Å². The summed E-state index contributed by atoms with van der Waals surface area (Å²) in [6.07, 6.45) is 0. The van der Waals surface area contributed by atoms with E-state index in [0.717, 1.165) is 15.9 Å². The van der Waals surface area contributed by atoms with Gasteiger partial charge in [0, 0.05) is 5.39 Å². The highest BCUT2D eigenvalue weighted by molar-refractivity contribution is 8.00. The van der Waals surface area contributed by atoms with E-state index >= 15 is 0 Å². The monoisotopic (exact) mass is 339 g/mol. The van der Waals surface area contributed by atoms with Crippen LogP contribution in [0.1, 0.15) is 5.82 Å². The van der Waals surface area contributed by atoms with Gasteiger partial charge in [-0.2, -0.15) is 0 Å². The number of amides is 1. The number of methoxy groups -OCH3 is 1. The lowest BCUT2D eigenvalue weighted by atomic mass is 10.2. The van der Waals surface area contributed by atoms with Crippen molar-refractivity contribution in [3.8, 4) is 5.75 Å². The van der Waals surface area contributed by atoms with E-state index < -0.39 is 0 Å². The van der Waals surface area contributed by atoms with E-state index in [2.05, 4.69) is 15.3 Å². The molecule has 0 aliphatic rings. The Hall–Kier alpha value is -2.60. The molecule has 0 aliphatic heterocycles. The summed E-state index contributed by atoms with van der Waals surface area (Å²) in [7, 11) is 1.58. The second-order valence-corrected chi connectivity index (χ2v) is 6.09. The van der Waals surface area contributed by atoms with E-state index in [0.29, 0.717) is 17.3 Å². The lowest BCUT2D eigenvalue weighted by Crippen LogP contribution is -2.14. The number of thioether (sulfide) groups is 1. The molecule has 1 heterocycles. The number of nitrogens with zero attached hydrogens (tertiary/aromatic N) is 2. The maximum atomic E-state index is 12.2. The Kier molecular flexibility index (Phi) is 4.96. The second kappa shape index (κ2) is 7.31. The van der Waals surface area contributed by atoms with Crippen molar-refractivity contribution in [2.75, 3.05) is 18.2 Å². The van der Waals surface area contributed by atoms with Crippen molar-refractivity contribution in [3.05, 3.63) is 54.4 Å². The Balaban J connectivity index is 1.73. The fourth-order valence-electron chi connectivity index (χ4n) is 2.34. The molecule has 1 aromatic heterocycles. The van der Waals surface area contributed by atoms with E-state index in [4.69, 9.17) is 4.74 Å². The van der Waals surface area contributed by atoms with Crippen LogP contribution < -0.4 is 10.1 Å². The SMILES string of the molecule is COc1ccccc1NC(=O)CSc1nc(C)nc2ccccc12. The van der Waals surface area contributed by atoms with Crippen LogP contribution in [0.2, 0.25) is 0 Å². The molecular formula is C18H17N3O2S. The van der Waals surface area contributed by atoms with Gasteiger partial charge in [0.1, 0.15) is 16.6 Å². The van der Waals surface area contributed by atoms with Crippen LogP contribution in [0.3, 0.4) is 0 Å². The number of nitrogens with one attached hydrogen (secondary N) is 1. The number of aromatic nitrogens is 2. The summed E-state index contributed by atoms with van der Waals surface area (Å²) in [5, 5.41) is 4.64. The number of hydrogen-bond donors (Lipinski definition) is 1. The largest absolute Gasteiger partial charge is 0.495 e. The minimum atomic E-state index is -0.107. The van der Waals surface area contributed by atoms with Crippen LogP contribution in [-0.4, -0.2) is 28.7 Å². The van der Waals surface area contributed by atoms with Gasteiger partial charge in [0.15, 0.2) is 0 Å². The fourth-order valence-corrected chi connectivity index (χ4v) is 3.20. The molecule has 3 aromatic rings. The molecule has 0 radical (unpaired) electrons. The average molecular weight is 339 g/mol. The van der Waals surface area contributed by atoms with Crippen LogP contribution in [0.5, 0.6) is 5.75 Å². The topological polar surface area (TPSA) is 64.1 Å². The molecule has 3 rings (SSSR count). The molecule has 24 heavy (non-hydrogen) atoms. The van der Waals surface area contributed by atoms with Gasteiger partial charge in [0.2, 0.25) is 5.91 Å². The Morgan fingerprint density at radius 2 is 1.88 bits per heavy atom. The van der Waals surface area contributed by atoms with Crippen LogP contribution in [0.25, 0.3) is 10.9 Å². The molecule has 1 N–H and O–H groups in total. The molecule has 0 aliphatic carbocycles. The minimum Gasteiger partial charge on any atom is -0.495 e. The highest BCUT2D eigenvalue weighted by atomic mass is 32.2. The van der Waals surface area contributed by atoms with Crippen LogP contribution in [0.15, 0.2) is 53.6 Å². The molecule has 0 saturated carbocycles. The number of anilines is 1. The number of fused-ring (bicyclic) bond motifs is 1. The van der Waals surface area contributed by atoms with Crippen molar-refractivity contribution in [3.63, 3.8) is 0 Å². The molecule has 2 aromatic carbocycles. The first-order valence-electron chi connectivity index (χ1n) is 7.46. The molecule has 6 heteroatoms. The van der Waals surface area contributed by atoms with Gasteiger partial charge < -0.3 is 10.1 Å². The summed E-state index contributed by atoms with van der Waals surface area (Å²) in [6.45, 7) is 1.85. The van der Waals surface area contributed by atoms with Crippen molar-refractivity contribution in [1.82, 2.24) is 9.97 Å². The van der Waals surface area contributed by atoms with Crippen molar-refractivity contribution < 1.29 is 9.53 Å². The molecular weight excluding hydrogens is 322 g/mol. The highest BCUT2D eigenvalue weighted by Crippen LogP contribution is 2.26. The first-order chi connectivity index (χ1) is 11.7. The maximum absolute atomic E-state index is 12.2. The van der Waals surface area contributed by atoms with Crippen molar-refractivity contribution in [1.29, 1.82) is 0 Å². The molecule has 0 saturated heterocycles. The summed E-state index contributed by atoms with van der Waals surface area (Å²) in [6, 6.07) is 15.1. The Morgan fingerprint density at radius 1 is 1.12 bits per heavy atom. The van der Waals surface area contributed by atoms with Gasteiger partial charge in [-0.3, -0.25) is 4.79 Å². The zero-order valence-corrected chi connectivity index (χ0v) is 14.3. The molecule has 122 valence electrons. The maximum Gasteiger partial charge on any atom is 0.234 e. The Labute approximate surface area is 144 Å². The third-order valence-corrected chi connectivity index (χ3v) is 4.39. The van der Waals surface area contributed by atoms with E-state index in [1.54, 1.807) is 7.11 Å².